The number of nitrogens with zero attached hydrogens (tertiary/aromatic N) is 4. The Morgan fingerprint density at radius 3 is 2.70 bits per heavy atom. The molecule has 1 amide bonds. The highest BCUT2D eigenvalue weighted by molar-refractivity contribution is 7.16. The molecule has 0 saturated heterocycles. The van der Waals surface area contributed by atoms with Gasteiger partial charge < -0.3 is 5.32 Å². The van der Waals surface area contributed by atoms with E-state index in [1.165, 1.54) is 11.3 Å². The Morgan fingerprint density at radius 2 is 2.00 bits per heavy atom. The van der Waals surface area contributed by atoms with Gasteiger partial charge >= 0.3 is 0 Å². The summed E-state index contributed by atoms with van der Waals surface area (Å²) in [5.74, 6) is 0.424. The van der Waals surface area contributed by atoms with E-state index in [1.54, 1.807) is 18.6 Å². The fourth-order valence-corrected chi connectivity index (χ4v) is 2.95. The molecule has 7 heteroatoms. The second-order valence-corrected chi connectivity index (χ2v) is 6.05. The van der Waals surface area contributed by atoms with E-state index in [0.29, 0.717) is 17.2 Å². The Bertz CT molecular complexity index is 811. The molecule has 0 fully saturated rings. The Morgan fingerprint density at radius 1 is 1.22 bits per heavy atom. The van der Waals surface area contributed by atoms with Crippen LogP contribution in [-0.4, -0.2) is 25.8 Å². The predicted molar refractivity (Wildman–Crippen MR) is 88.0 cm³/mol. The largest absolute Gasteiger partial charge is 0.344 e. The van der Waals surface area contributed by atoms with Crippen molar-refractivity contribution in [3.05, 3.63) is 58.9 Å². The molecule has 0 saturated carbocycles. The summed E-state index contributed by atoms with van der Waals surface area (Å²) >= 11 is 1.33. The van der Waals surface area contributed by atoms with Crippen LogP contribution < -0.4 is 5.32 Å². The van der Waals surface area contributed by atoms with Crippen molar-refractivity contribution in [3.63, 3.8) is 0 Å². The van der Waals surface area contributed by atoms with Crippen LogP contribution in [0.25, 0.3) is 10.6 Å². The SMILES string of the molecule is Cc1cc(C)nc(CNC(=O)c2cnc(-c3cccnc3)s2)n1. The minimum atomic E-state index is -0.180. The number of amides is 1. The molecule has 6 nitrogen and oxygen atoms in total. The molecule has 0 radical (unpaired) electrons. The third-order valence-electron chi connectivity index (χ3n) is 3.07. The van der Waals surface area contributed by atoms with Gasteiger partial charge in [0.05, 0.1) is 12.7 Å². The van der Waals surface area contributed by atoms with Crippen LogP contribution in [-0.2, 0) is 6.54 Å². The predicted octanol–water partition coefficient (Wildman–Crippen LogP) is 2.54. The number of rotatable bonds is 4. The number of carbonyl (C=O) groups excluding carboxylic acids is 1. The average Bonchev–Trinajstić information content (AvgIpc) is 3.03. The van der Waals surface area contributed by atoms with Gasteiger partial charge in [0.2, 0.25) is 0 Å². The lowest BCUT2D eigenvalue weighted by Gasteiger charge is -2.04. The van der Waals surface area contributed by atoms with Gasteiger partial charge in [0.1, 0.15) is 15.7 Å². The summed E-state index contributed by atoms with van der Waals surface area (Å²) in [4.78, 5) is 29.7. The lowest BCUT2D eigenvalue weighted by atomic mass is 10.3. The number of hydrogen-bond donors (Lipinski definition) is 1. The third-order valence-corrected chi connectivity index (χ3v) is 4.12. The van der Waals surface area contributed by atoms with Gasteiger partial charge in [-0.15, -0.1) is 11.3 Å². The van der Waals surface area contributed by atoms with Gasteiger partial charge in [0.25, 0.3) is 5.91 Å². The van der Waals surface area contributed by atoms with E-state index < -0.39 is 0 Å². The van der Waals surface area contributed by atoms with Crippen LogP contribution in [0.5, 0.6) is 0 Å². The van der Waals surface area contributed by atoms with E-state index in [2.05, 4.69) is 25.3 Å². The maximum atomic E-state index is 12.2. The van der Waals surface area contributed by atoms with E-state index in [9.17, 15) is 4.79 Å². The van der Waals surface area contributed by atoms with Crippen molar-refractivity contribution in [1.29, 1.82) is 0 Å². The molecule has 1 N–H and O–H groups in total. The average molecular weight is 325 g/mol. The quantitative estimate of drug-likeness (QED) is 0.797. The van der Waals surface area contributed by atoms with Crippen LogP contribution in [0.1, 0.15) is 26.9 Å². The van der Waals surface area contributed by atoms with Crippen LogP contribution in [0.3, 0.4) is 0 Å². The van der Waals surface area contributed by atoms with Crippen LogP contribution >= 0.6 is 11.3 Å². The first-order chi connectivity index (χ1) is 11.1. The molecule has 23 heavy (non-hydrogen) atoms. The lowest BCUT2D eigenvalue weighted by Crippen LogP contribution is -2.23. The number of thiazole rings is 1. The minimum Gasteiger partial charge on any atom is -0.344 e. The second kappa shape index (κ2) is 6.62. The highest BCUT2D eigenvalue weighted by Crippen LogP contribution is 2.24. The number of hydrogen-bond acceptors (Lipinski definition) is 6. The fraction of sp³-hybridized carbons (Fsp3) is 0.188. The van der Waals surface area contributed by atoms with Crippen LogP contribution in [0.15, 0.2) is 36.8 Å². The van der Waals surface area contributed by atoms with Gasteiger partial charge in [-0.25, -0.2) is 15.0 Å². The van der Waals surface area contributed by atoms with Gasteiger partial charge in [-0.3, -0.25) is 9.78 Å². The van der Waals surface area contributed by atoms with E-state index in [-0.39, 0.29) is 5.91 Å². The molecular weight excluding hydrogens is 310 g/mol. The Hall–Kier alpha value is -2.67. The zero-order chi connectivity index (χ0) is 16.2. The monoisotopic (exact) mass is 325 g/mol. The molecular formula is C16H15N5OS. The molecule has 0 aliphatic rings. The van der Waals surface area contributed by atoms with Gasteiger partial charge in [-0.1, -0.05) is 0 Å². The van der Waals surface area contributed by atoms with Crippen molar-refractivity contribution in [2.24, 2.45) is 0 Å². The molecule has 3 heterocycles. The molecule has 0 aliphatic carbocycles. The topological polar surface area (TPSA) is 80.7 Å². The summed E-state index contributed by atoms with van der Waals surface area (Å²) < 4.78 is 0. The van der Waals surface area contributed by atoms with Crippen LogP contribution in [0.4, 0.5) is 0 Å². The highest BCUT2D eigenvalue weighted by Gasteiger charge is 2.12. The van der Waals surface area contributed by atoms with Gasteiger partial charge in [-0.05, 0) is 32.0 Å². The first kappa shape index (κ1) is 15.2. The number of aromatic nitrogens is 4. The third kappa shape index (κ3) is 3.75. The van der Waals surface area contributed by atoms with E-state index in [0.717, 1.165) is 22.0 Å². The molecule has 0 bridgehead atoms. The molecule has 0 aromatic carbocycles. The van der Waals surface area contributed by atoms with E-state index in [4.69, 9.17) is 0 Å². The number of nitrogens with one attached hydrogen (secondary N) is 1. The van der Waals surface area contributed by atoms with Crippen molar-refractivity contribution in [2.75, 3.05) is 0 Å². The fourth-order valence-electron chi connectivity index (χ4n) is 2.13. The van der Waals surface area contributed by atoms with E-state index in [1.807, 2.05) is 32.0 Å². The molecule has 3 aromatic heterocycles. The molecule has 116 valence electrons. The summed E-state index contributed by atoms with van der Waals surface area (Å²) in [7, 11) is 0. The van der Waals surface area contributed by atoms with Crippen molar-refractivity contribution < 1.29 is 4.79 Å². The molecule has 0 spiro atoms. The van der Waals surface area contributed by atoms with Crippen molar-refractivity contribution in [3.8, 4) is 10.6 Å². The summed E-state index contributed by atoms with van der Waals surface area (Å²) in [6, 6.07) is 5.65. The molecule has 0 atom stereocenters. The lowest BCUT2D eigenvalue weighted by molar-refractivity contribution is 0.0953. The van der Waals surface area contributed by atoms with Gasteiger partial charge in [0, 0.05) is 29.3 Å². The standard InChI is InChI=1S/C16H15N5OS/c1-10-6-11(2)21-14(20-10)9-18-15(22)13-8-19-16(23-13)12-4-3-5-17-7-12/h3-8H,9H2,1-2H3,(H,18,22). The molecule has 0 unspecified atom stereocenters. The normalized spacial score (nSPS) is 10.5. The number of aryl methyl sites for hydroxylation is 2. The summed E-state index contributed by atoms with van der Waals surface area (Å²) in [6.45, 7) is 4.11. The molecule has 3 aromatic rings. The smallest absolute Gasteiger partial charge is 0.263 e. The Kier molecular flexibility index (Phi) is 4.38. The first-order valence-electron chi connectivity index (χ1n) is 7.07. The second-order valence-electron chi connectivity index (χ2n) is 5.02. The minimum absolute atomic E-state index is 0.180. The van der Waals surface area contributed by atoms with Gasteiger partial charge in [-0.2, -0.15) is 0 Å². The van der Waals surface area contributed by atoms with Crippen molar-refractivity contribution >= 4 is 17.2 Å². The summed E-state index contributed by atoms with van der Waals surface area (Å²) in [5.41, 5.74) is 2.67. The summed E-state index contributed by atoms with van der Waals surface area (Å²) in [6.07, 6.45) is 5.00. The Labute approximate surface area is 137 Å². The Balaban J connectivity index is 1.68. The maximum absolute atomic E-state index is 12.2. The van der Waals surface area contributed by atoms with Crippen molar-refractivity contribution in [1.82, 2.24) is 25.3 Å². The number of carbonyl (C=O) groups is 1. The van der Waals surface area contributed by atoms with Gasteiger partial charge in [0.15, 0.2) is 0 Å². The zero-order valence-corrected chi connectivity index (χ0v) is 13.6. The maximum Gasteiger partial charge on any atom is 0.263 e. The van der Waals surface area contributed by atoms with Crippen molar-refractivity contribution in [2.45, 2.75) is 20.4 Å². The van der Waals surface area contributed by atoms with Crippen LogP contribution in [0.2, 0.25) is 0 Å². The first-order valence-corrected chi connectivity index (χ1v) is 7.89. The highest BCUT2D eigenvalue weighted by atomic mass is 32.1. The van der Waals surface area contributed by atoms with Crippen LogP contribution in [0, 0.1) is 13.8 Å². The number of pyridine rings is 1. The molecule has 0 aliphatic heterocycles. The zero-order valence-electron chi connectivity index (χ0n) is 12.8. The molecule has 3 rings (SSSR count). The summed E-state index contributed by atoms with van der Waals surface area (Å²) in [5, 5.41) is 3.59. The van der Waals surface area contributed by atoms with E-state index >= 15 is 0 Å².